The van der Waals surface area contributed by atoms with E-state index >= 15 is 0 Å². The van der Waals surface area contributed by atoms with Gasteiger partial charge in [-0.3, -0.25) is 4.79 Å². The second-order valence-electron chi connectivity index (χ2n) is 4.93. The molecule has 1 saturated heterocycles. The lowest BCUT2D eigenvalue weighted by atomic mass is 9.93. The third-order valence-electron chi connectivity index (χ3n) is 3.55. The number of nitrogens with zero attached hydrogens (tertiary/aromatic N) is 1. The molecule has 1 rings (SSSR count). The summed E-state index contributed by atoms with van der Waals surface area (Å²) in [6.45, 7) is 3.81. The molecule has 7 heteroatoms. The van der Waals surface area contributed by atoms with Crippen LogP contribution in [0.5, 0.6) is 0 Å². The first kappa shape index (κ1) is 15.3. The maximum Gasteiger partial charge on any atom is 0.326 e. The van der Waals surface area contributed by atoms with Crippen LogP contribution in [0.2, 0.25) is 0 Å². The van der Waals surface area contributed by atoms with Gasteiger partial charge in [-0.25, -0.2) is 9.59 Å². The molecule has 2 unspecified atom stereocenters. The topological polar surface area (TPSA) is 113 Å². The second-order valence-corrected chi connectivity index (χ2v) is 4.93. The normalized spacial score (nSPS) is 24.6. The van der Waals surface area contributed by atoms with Crippen molar-refractivity contribution >= 4 is 17.9 Å². The number of carboxylic acids is 1. The van der Waals surface area contributed by atoms with Gasteiger partial charge in [0.25, 0.3) is 0 Å². The summed E-state index contributed by atoms with van der Waals surface area (Å²) in [5.74, 6) is -1.84. The predicted octanol–water partition coefficient (Wildman–Crippen LogP) is 0.145. The molecule has 1 fully saturated rings. The lowest BCUT2D eigenvalue weighted by molar-refractivity contribution is -0.139. The monoisotopic (exact) mass is 271 g/mol. The van der Waals surface area contributed by atoms with E-state index in [9.17, 15) is 14.4 Å². The first-order chi connectivity index (χ1) is 8.86. The highest BCUT2D eigenvalue weighted by molar-refractivity contribution is 5.83. The third kappa shape index (κ3) is 3.84. The number of nitrogens with two attached hydrogens (primary N) is 1. The molecule has 0 aromatic rings. The number of rotatable bonds is 4. The third-order valence-corrected chi connectivity index (χ3v) is 3.55. The summed E-state index contributed by atoms with van der Waals surface area (Å²) in [7, 11) is 0. The Kier molecular flexibility index (Phi) is 5.14. The van der Waals surface area contributed by atoms with Crippen molar-refractivity contribution in [2.45, 2.75) is 45.2 Å². The molecular formula is C12H21N3O4. The molecule has 4 N–H and O–H groups in total. The van der Waals surface area contributed by atoms with E-state index < -0.39 is 23.9 Å². The van der Waals surface area contributed by atoms with Crippen LogP contribution in [0.15, 0.2) is 0 Å². The molecule has 0 radical (unpaired) electrons. The van der Waals surface area contributed by atoms with Crippen molar-refractivity contribution in [3.63, 3.8) is 0 Å². The van der Waals surface area contributed by atoms with E-state index in [4.69, 9.17) is 10.8 Å². The smallest absolute Gasteiger partial charge is 0.326 e. The van der Waals surface area contributed by atoms with Crippen molar-refractivity contribution < 1.29 is 19.5 Å². The number of carboxylic acid groups (broad SMARTS) is 1. The molecule has 0 aromatic heterocycles. The number of urea groups is 1. The molecule has 0 spiro atoms. The first-order valence-electron chi connectivity index (χ1n) is 6.46. The van der Waals surface area contributed by atoms with Crippen LogP contribution >= 0.6 is 0 Å². The number of hydrogen-bond donors (Lipinski definition) is 3. The van der Waals surface area contributed by atoms with Crippen LogP contribution in [0.3, 0.4) is 0 Å². The van der Waals surface area contributed by atoms with Crippen LogP contribution in [-0.2, 0) is 9.59 Å². The highest BCUT2D eigenvalue weighted by Crippen LogP contribution is 2.21. The van der Waals surface area contributed by atoms with Crippen molar-refractivity contribution in [1.82, 2.24) is 10.2 Å². The predicted molar refractivity (Wildman–Crippen MR) is 68.3 cm³/mol. The summed E-state index contributed by atoms with van der Waals surface area (Å²) < 4.78 is 0. The van der Waals surface area contributed by atoms with Crippen LogP contribution < -0.4 is 11.1 Å². The Bertz CT molecular complexity index is 372. The number of carbonyl (C=O) groups excluding carboxylic acids is 2. The second kappa shape index (κ2) is 6.40. The highest BCUT2D eigenvalue weighted by atomic mass is 16.4. The summed E-state index contributed by atoms with van der Waals surface area (Å²) in [4.78, 5) is 35.6. The van der Waals surface area contributed by atoms with E-state index in [-0.39, 0.29) is 18.5 Å². The minimum atomic E-state index is -1.06. The van der Waals surface area contributed by atoms with E-state index in [1.165, 1.54) is 4.90 Å². The molecule has 0 aliphatic carbocycles. The van der Waals surface area contributed by atoms with E-state index in [1.807, 2.05) is 6.92 Å². The van der Waals surface area contributed by atoms with Gasteiger partial charge < -0.3 is 21.1 Å². The Balaban J connectivity index is 2.68. The van der Waals surface area contributed by atoms with Gasteiger partial charge in [0.1, 0.15) is 6.04 Å². The molecule has 19 heavy (non-hydrogen) atoms. The number of hydrogen-bond acceptors (Lipinski definition) is 3. The Morgan fingerprint density at radius 2 is 2.05 bits per heavy atom. The minimum Gasteiger partial charge on any atom is -0.480 e. The highest BCUT2D eigenvalue weighted by Gasteiger charge is 2.32. The standard InChI is InChI=1S/C12H21N3O4/c1-3-9(11(17)18)14-12(19)15-6-8(10(13)16)5-4-7(15)2/h7-9H,3-6H2,1-2H3,(H2,13,16)(H,14,19)(H,17,18)/t7?,8?,9-/m1/s1. The van der Waals surface area contributed by atoms with Crippen molar-refractivity contribution in [3.05, 3.63) is 0 Å². The molecule has 0 saturated carbocycles. The average molecular weight is 271 g/mol. The zero-order valence-electron chi connectivity index (χ0n) is 11.3. The fourth-order valence-corrected chi connectivity index (χ4v) is 2.19. The molecule has 1 aliphatic rings. The van der Waals surface area contributed by atoms with Crippen molar-refractivity contribution in [1.29, 1.82) is 0 Å². The minimum absolute atomic E-state index is 0.0260. The number of piperidine rings is 1. The van der Waals surface area contributed by atoms with E-state index in [1.54, 1.807) is 6.92 Å². The van der Waals surface area contributed by atoms with Crippen molar-refractivity contribution in [2.24, 2.45) is 11.7 Å². The van der Waals surface area contributed by atoms with Gasteiger partial charge in [-0.2, -0.15) is 0 Å². The molecular weight excluding hydrogens is 250 g/mol. The largest absolute Gasteiger partial charge is 0.480 e. The van der Waals surface area contributed by atoms with Gasteiger partial charge in [-0.15, -0.1) is 0 Å². The SMILES string of the molecule is CC[C@@H](NC(=O)N1CC(C(N)=O)CCC1C)C(=O)O. The van der Waals surface area contributed by atoms with Gasteiger partial charge in [0, 0.05) is 12.6 Å². The fraction of sp³-hybridized carbons (Fsp3) is 0.750. The Hall–Kier alpha value is -1.79. The van der Waals surface area contributed by atoms with Gasteiger partial charge in [0.2, 0.25) is 5.91 Å². The van der Waals surface area contributed by atoms with E-state index in [0.717, 1.165) is 0 Å². The summed E-state index contributed by atoms with van der Waals surface area (Å²) in [5.41, 5.74) is 5.26. The van der Waals surface area contributed by atoms with Crippen LogP contribution in [0.4, 0.5) is 4.79 Å². The van der Waals surface area contributed by atoms with Crippen LogP contribution in [0, 0.1) is 5.92 Å². The first-order valence-corrected chi connectivity index (χ1v) is 6.46. The number of nitrogens with one attached hydrogen (secondary N) is 1. The van der Waals surface area contributed by atoms with Crippen molar-refractivity contribution in [3.8, 4) is 0 Å². The molecule has 1 heterocycles. The summed E-state index contributed by atoms with van der Waals surface area (Å²) >= 11 is 0. The fourth-order valence-electron chi connectivity index (χ4n) is 2.19. The molecule has 3 atom stereocenters. The maximum absolute atomic E-state index is 12.0. The van der Waals surface area contributed by atoms with E-state index in [2.05, 4.69) is 5.32 Å². The van der Waals surface area contributed by atoms with Gasteiger partial charge in [-0.1, -0.05) is 6.92 Å². The van der Waals surface area contributed by atoms with Crippen LogP contribution in [-0.4, -0.2) is 46.5 Å². The van der Waals surface area contributed by atoms with Gasteiger partial charge >= 0.3 is 12.0 Å². The zero-order valence-corrected chi connectivity index (χ0v) is 11.3. The molecule has 1 aliphatic heterocycles. The summed E-state index contributed by atoms with van der Waals surface area (Å²) in [5, 5.41) is 11.4. The Labute approximate surface area is 112 Å². The van der Waals surface area contributed by atoms with Gasteiger partial charge in [0.15, 0.2) is 0 Å². The Morgan fingerprint density at radius 1 is 1.42 bits per heavy atom. The molecule has 108 valence electrons. The van der Waals surface area contributed by atoms with Gasteiger partial charge in [0.05, 0.1) is 5.92 Å². The van der Waals surface area contributed by atoms with Crippen LogP contribution in [0.1, 0.15) is 33.1 Å². The quantitative estimate of drug-likeness (QED) is 0.675. The number of carbonyl (C=O) groups is 3. The zero-order chi connectivity index (χ0) is 14.6. The lowest BCUT2D eigenvalue weighted by Gasteiger charge is -2.37. The van der Waals surface area contributed by atoms with Crippen LogP contribution in [0.25, 0.3) is 0 Å². The molecule has 7 nitrogen and oxygen atoms in total. The molecule has 0 aromatic carbocycles. The molecule has 0 bridgehead atoms. The number of primary amides is 1. The van der Waals surface area contributed by atoms with E-state index in [0.29, 0.717) is 19.3 Å². The summed E-state index contributed by atoms with van der Waals surface area (Å²) in [6, 6.07) is -1.39. The number of amides is 3. The average Bonchev–Trinajstić information content (AvgIpc) is 2.35. The van der Waals surface area contributed by atoms with Gasteiger partial charge in [-0.05, 0) is 26.2 Å². The summed E-state index contributed by atoms with van der Waals surface area (Å²) in [6.07, 6.45) is 1.66. The lowest BCUT2D eigenvalue weighted by Crippen LogP contribution is -2.55. The van der Waals surface area contributed by atoms with Crippen molar-refractivity contribution in [2.75, 3.05) is 6.54 Å². The number of aliphatic carboxylic acids is 1. The molecule has 3 amide bonds. The Morgan fingerprint density at radius 3 is 2.53 bits per heavy atom. The maximum atomic E-state index is 12.0. The number of likely N-dealkylation sites (tertiary alicyclic amines) is 1.